The van der Waals surface area contributed by atoms with Crippen LogP contribution in [0.2, 0.25) is 0 Å². The zero-order valence-electron chi connectivity index (χ0n) is 7.52. The van der Waals surface area contributed by atoms with Gasteiger partial charge in [-0.15, -0.1) is 0 Å². The number of halogens is 2. The summed E-state index contributed by atoms with van der Waals surface area (Å²) < 4.78 is 27.5. The molecule has 1 aliphatic carbocycles. The van der Waals surface area contributed by atoms with Crippen LogP contribution in [0, 0.1) is 0 Å². The van der Waals surface area contributed by atoms with Crippen molar-refractivity contribution in [2.45, 2.75) is 37.6 Å². The van der Waals surface area contributed by atoms with E-state index in [0.29, 0.717) is 18.9 Å². The lowest BCUT2D eigenvalue weighted by atomic mass is 9.92. The van der Waals surface area contributed by atoms with E-state index in [1.807, 2.05) is 13.3 Å². The van der Waals surface area contributed by atoms with Crippen molar-refractivity contribution in [3.05, 3.63) is 0 Å². The Labute approximate surface area is 76.6 Å². The first-order valence-electron chi connectivity index (χ1n) is 4.20. The van der Waals surface area contributed by atoms with Gasteiger partial charge in [-0.3, -0.25) is 4.31 Å². The van der Waals surface area contributed by atoms with Gasteiger partial charge in [-0.25, -0.2) is 8.78 Å². The highest BCUT2D eigenvalue weighted by atomic mass is 32.2. The third-order valence-electron chi connectivity index (χ3n) is 2.49. The van der Waals surface area contributed by atoms with Gasteiger partial charge in [0.25, 0.3) is 0 Å². The van der Waals surface area contributed by atoms with E-state index in [1.54, 1.807) is 11.9 Å². The minimum absolute atomic E-state index is 0.0581. The lowest BCUT2D eigenvalue weighted by Crippen LogP contribution is -2.34. The predicted octanol–water partition coefficient (Wildman–Crippen LogP) is 2.77. The van der Waals surface area contributed by atoms with Crippen LogP contribution in [-0.2, 0) is 0 Å². The number of hydrogen-bond acceptors (Lipinski definition) is 2. The van der Waals surface area contributed by atoms with Crippen LogP contribution in [0.1, 0.15) is 25.7 Å². The Hall–Kier alpha value is 0.170. The molecule has 1 fully saturated rings. The Morgan fingerprint density at radius 1 is 1.33 bits per heavy atom. The zero-order chi connectivity index (χ0) is 9.19. The van der Waals surface area contributed by atoms with E-state index in [0.717, 1.165) is 0 Å². The quantitative estimate of drug-likeness (QED) is 0.623. The number of nitrogens with zero attached hydrogens (tertiary/aromatic N) is 1. The molecule has 12 heavy (non-hydrogen) atoms. The molecule has 0 amide bonds. The summed E-state index contributed by atoms with van der Waals surface area (Å²) in [5.74, 6) is -2.39. The van der Waals surface area contributed by atoms with Crippen molar-refractivity contribution in [3.63, 3.8) is 0 Å². The van der Waals surface area contributed by atoms with E-state index in [1.165, 1.54) is 0 Å². The van der Waals surface area contributed by atoms with E-state index in [-0.39, 0.29) is 12.8 Å². The average molecular weight is 195 g/mol. The summed E-state index contributed by atoms with van der Waals surface area (Å²) in [6.45, 7) is 0. The summed E-state index contributed by atoms with van der Waals surface area (Å²) in [6.07, 6.45) is 3.35. The van der Waals surface area contributed by atoms with Gasteiger partial charge in [-0.1, -0.05) is 11.9 Å². The maximum atomic E-state index is 12.7. The molecule has 0 atom stereocenters. The molecule has 0 aromatic heterocycles. The van der Waals surface area contributed by atoms with Gasteiger partial charge < -0.3 is 0 Å². The van der Waals surface area contributed by atoms with Crippen LogP contribution in [0.3, 0.4) is 0 Å². The van der Waals surface area contributed by atoms with Gasteiger partial charge in [0.2, 0.25) is 5.92 Å². The van der Waals surface area contributed by atoms with Crippen LogP contribution in [0.4, 0.5) is 8.78 Å². The van der Waals surface area contributed by atoms with Crippen molar-refractivity contribution in [3.8, 4) is 0 Å². The van der Waals surface area contributed by atoms with Crippen LogP contribution in [0.25, 0.3) is 0 Å². The highest BCUT2D eigenvalue weighted by molar-refractivity contribution is 7.96. The third-order valence-corrected chi connectivity index (χ3v) is 3.36. The van der Waals surface area contributed by atoms with Gasteiger partial charge in [0.1, 0.15) is 0 Å². The van der Waals surface area contributed by atoms with Gasteiger partial charge in [0.15, 0.2) is 0 Å². The fourth-order valence-corrected chi connectivity index (χ4v) is 2.05. The molecule has 0 aliphatic heterocycles. The van der Waals surface area contributed by atoms with Gasteiger partial charge in [0, 0.05) is 18.9 Å². The number of alkyl halides is 2. The first-order chi connectivity index (χ1) is 5.55. The predicted molar refractivity (Wildman–Crippen MR) is 48.5 cm³/mol. The molecule has 0 aromatic rings. The Morgan fingerprint density at radius 2 is 1.83 bits per heavy atom. The lowest BCUT2D eigenvalue weighted by Gasteiger charge is -2.32. The van der Waals surface area contributed by atoms with Gasteiger partial charge in [0.05, 0.1) is 0 Å². The molecule has 72 valence electrons. The Morgan fingerprint density at radius 3 is 2.25 bits per heavy atom. The molecule has 0 spiro atoms. The molecule has 0 saturated heterocycles. The maximum Gasteiger partial charge on any atom is 0.248 e. The van der Waals surface area contributed by atoms with E-state index in [2.05, 4.69) is 4.31 Å². The Bertz CT molecular complexity index is 142. The van der Waals surface area contributed by atoms with E-state index in [4.69, 9.17) is 0 Å². The van der Waals surface area contributed by atoms with Crippen molar-refractivity contribution >= 4 is 11.9 Å². The summed E-state index contributed by atoms with van der Waals surface area (Å²) in [4.78, 5) is 0. The lowest BCUT2D eigenvalue weighted by molar-refractivity contribution is -0.0447. The minimum Gasteiger partial charge on any atom is -0.251 e. The highest BCUT2D eigenvalue weighted by Gasteiger charge is 2.35. The topological polar surface area (TPSA) is 3.24 Å². The summed E-state index contributed by atoms with van der Waals surface area (Å²) in [5.41, 5.74) is 0. The Balaban J connectivity index is 2.36. The highest BCUT2D eigenvalue weighted by Crippen LogP contribution is 2.35. The van der Waals surface area contributed by atoms with Crippen molar-refractivity contribution < 1.29 is 8.78 Å². The number of hydrogen-bond donors (Lipinski definition) is 0. The molecule has 0 unspecified atom stereocenters. The smallest absolute Gasteiger partial charge is 0.248 e. The van der Waals surface area contributed by atoms with Crippen molar-refractivity contribution in [1.29, 1.82) is 0 Å². The molecule has 1 aliphatic rings. The summed E-state index contributed by atoms with van der Waals surface area (Å²) in [6, 6.07) is 0.347. The van der Waals surface area contributed by atoms with E-state index < -0.39 is 5.92 Å². The normalized spacial score (nSPS) is 24.8. The molecular formula is C8H15F2NS. The first kappa shape index (κ1) is 10.3. The molecule has 0 radical (unpaired) electrons. The first-order valence-corrected chi connectivity index (χ1v) is 5.38. The fraction of sp³-hybridized carbons (Fsp3) is 1.00. The van der Waals surface area contributed by atoms with Crippen LogP contribution in [0.5, 0.6) is 0 Å². The molecule has 0 bridgehead atoms. The Kier molecular flexibility index (Phi) is 3.35. The molecular weight excluding hydrogens is 180 g/mol. The summed E-state index contributed by atoms with van der Waals surface area (Å²) in [5, 5.41) is 0. The standard InChI is InChI=1S/C8H15F2NS/c1-11(12-2)7-3-5-8(9,10)6-4-7/h7H,3-6H2,1-2H3. The SMILES string of the molecule is CSN(C)C1CCC(F)(F)CC1. The molecule has 0 heterocycles. The second-order valence-corrected chi connectivity index (χ2v) is 4.26. The largest absolute Gasteiger partial charge is 0.251 e. The molecule has 0 aromatic carbocycles. The molecule has 1 saturated carbocycles. The van der Waals surface area contributed by atoms with Crippen molar-refractivity contribution in [2.24, 2.45) is 0 Å². The van der Waals surface area contributed by atoms with Crippen molar-refractivity contribution in [1.82, 2.24) is 4.31 Å². The van der Waals surface area contributed by atoms with Gasteiger partial charge >= 0.3 is 0 Å². The number of rotatable bonds is 2. The summed E-state index contributed by atoms with van der Waals surface area (Å²) in [7, 11) is 1.97. The fourth-order valence-electron chi connectivity index (χ4n) is 1.54. The average Bonchev–Trinajstić information content (AvgIpc) is 2.03. The van der Waals surface area contributed by atoms with Crippen LogP contribution >= 0.6 is 11.9 Å². The second-order valence-electron chi connectivity index (χ2n) is 3.32. The van der Waals surface area contributed by atoms with Gasteiger partial charge in [-0.2, -0.15) is 0 Å². The van der Waals surface area contributed by atoms with Gasteiger partial charge in [-0.05, 0) is 26.1 Å². The zero-order valence-corrected chi connectivity index (χ0v) is 8.33. The minimum atomic E-state index is -2.39. The molecule has 1 rings (SSSR count). The van der Waals surface area contributed by atoms with Crippen LogP contribution in [-0.4, -0.2) is 29.6 Å². The molecule has 0 N–H and O–H groups in total. The second kappa shape index (κ2) is 3.92. The summed E-state index contributed by atoms with van der Waals surface area (Å²) >= 11 is 1.62. The molecule has 4 heteroatoms. The third kappa shape index (κ3) is 2.59. The van der Waals surface area contributed by atoms with Crippen LogP contribution < -0.4 is 0 Å². The van der Waals surface area contributed by atoms with Crippen molar-refractivity contribution in [2.75, 3.05) is 13.3 Å². The maximum absolute atomic E-state index is 12.7. The van der Waals surface area contributed by atoms with Crippen LogP contribution in [0.15, 0.2) is 0 Å². The monoisotopic (exact) mass is 195 g/mol. The van der Waals surface area contributed by atoms with E-state index in [9.17, 15) is 8.78 Å². The van der Waals surface area contributed by atoms with E-state index >= 15 is 0 Å². The molecule has 1 nitrogen and oxygen atoms in total.